The van der Waals surface area contributed by atoms with E-state index in [2.05, 4.69) is 28.2 Å². The number of anilines is 1. The van der Waals surface area contributed by atoms with Gasteiger partial charge in [0.25, 0.3) is 5.91 Å². The number of carbonyl (C=O) groups excluding carboxylic acids is 1. The number of hydrogen-bond acceptors (Lipinski definition) is 5. The van der Waals surface area contributed by atoms with Crippen LogP contribution in [0, 0.1) is 13.8 Å². The molecule has 1 N–H and O–H groups in total. The minimum absolute atomic E-state index is 0.155. The number of amides is 1. The highest BCUT2D eigenvalue weighted by molar-refractivity contribution is 6.04. The van der Waals surface area contributed by atoms with Crippen molar-refractivity contribution >= 4 is 17.2 Å². The Labute approximate surface area is 200 Å². The molecular weight excluding hydrogens is 426 g/mol. The van der Waals surface area contributed by atoms with Crippen molar-refractivity contribution in [1.82, 2.24) is 19.4 Å². The molecule has 1 fully saturated rings. The number of allylic oxidation sites excluding steroid dienone is 1. The minimum Gasteiger partial charge on any atom is -0.379 e. The van der Waals surface area contributed by atoms with Gasteiger partial charge >= 0.3 is 0 Å². The molecule has 0 bridgehead atoms. The van der Waals surface area contributed by atoms with Gasteiger partial charge in [0.2, 0.25) is 0 Å². The molecule has 0 spiro atoms. The molecule has 1 atom stereocenters. The van der Waals surface area contributed by atoms with Gasteiger partial charge in [0.1, 0.15) is 0 Å². The Morgan fingerprint density at radius 3 is 2.68 bits per heavy atom. The first-order valence-corrected chi connectivity index (χ1v) is 12.0. The average molecular weight is 458 g/mol. The maximum absolute atomic E-state index is 12.8. The van der Waals surface area contributed by atoms with Crippen LogP contribution in [-0.4, -0.2) is 57.7 Å². The lowest BCUT2D eigenvalue weighted by molar-refractivity contribution is 0.0150. The van der Waals surface area contributed by atoms with Crippen LogP contribution in [0.3, 0.4) is 0 Å². The third-order valence-electron chi connectivity index (χ3n) is 6.73. The Hall–Kier alpha value is -3.29. The van der Waals surface area contributed by atoms with Gasteiger partial charge in [-0.1, -0.05) is 6.08 Å². The van der Waals surface area contributed by atoms with Crippen molar-refractivity contribution in [3.05, 3.63) is 77.6 Å². The van der Waals surface area contributed by atoms with E-state index in [4.69, 9.17) is 9.72 Å². The number of aryl methyl sites for hydroxylation is 2. The fourth-order valence-corrected chi connectivity index (χ4v) is 4.80. The molecule has 1 aliphatic heterocycles. The standard InChI is InChI=1S/C27H31N5O2/c1-19-15-23(30-27(33)22-9-10-32(18-22)25-6-3-20(2)28-17-25)16-29-26(19)21-4-7-24(8-5-21)31-11-13-34-14-12-31/h3-4,6,9-10,15-18,24H,5,7-8,11-14H2,1-2H3,(H,30,33). The van der Waals surface area contributed by atoms with Crippen molar-refractivity contribution in [3.8, 4) is 5.69 Å². The van der Waals surface area contributed by atoms with Crippen LogP contribution < -0.4 is 5.32 Å². The second kappa shape index (κ2) is 9.91. The lowest BCUT2D eigenvalue weighted by Gasteiger charge is -2.36. The fourth-order valence-electron chi connectivity index (χ4n) is 4.80. The van der Waals surface area contributed by atoms with Crippen LogP contribution in [0.25, 0.3) is 11.3 Å². The highest BCUT2D eigenvalue weighted by atomic mass is 16.5. The molecule has 176 valence electrons. The molecular formula is C27H31N5O2. The SMILES string of the molecule is Cc1ccc(-n2ccc(C(=O)Nc3cnc(C4=CCC(N5CCOCC5)CC4)c(C)c3)c2)cn1. The minimum atomic E-state index is -0.155. The summed E-state index contributed by atoms with van der Waals surface area (Å²) < 4.78 is 7.38. The summed E-state index contributed by atoms with van der Waals surface area (Å²) in [6.07, 6.45) is 12.8. The van der Waals surface area contributed by atoms with Gasteiger partial charge in [-0.3, -0.25) is 19.7 Å². The van der Waals surface area contributed by atoms with E-state index in [1.807, 2.05) is 48.1 Å². The normalized spacial score (nSPS) is 19.0. The number of pyridine rings is 2. The maximum Gasteiger partial charge on any atom is 0.257 e. The van der Waals surface area contributed by atoms with Crippen LogP contribution in [0.4, 0.5) is 5.69 Å². The van der Waals surface area contributed by atoms with E-state index in [1.165, 1.54) is 5.57 Å². The molecule has 3 aromatic heterocycles. The molecule has 2 aliphatic rings. The lowest BCUT2D eigenvalue weighted by Crippen LogP contribution is -2.43. The van der Waals surface area contributed by atoms with Crippen LogP contribution in [0.1, 0.15) is 46.6 Å². The highest BCUT2D eigenvalue weighted by Gasteiger charge is 2.24. The molecule has 1 aliphatic carbocycles. The van der Waals surface area contributed by atoms with Crippen molar-refractivity contribution in [2.75, 3.05) is 31.6 Å². The molecule has 3 aromatic rings. The zero-order valence-electron chi connectivity index (χ0n) is 19.8. The Morgan fingerprint density at radius 1 is 1.12 bits per heavy atom. The van der Waals surface area contributed by atoms with Gasteiger partial charge < -0.3 is 14.6 Å². The number of ether oxygens (including phenoxy) is 1. The van der Waals surface area contributed by atoms with Crippen molar-refractivity contribution in [2.45, 2.75) is 39.2 Å². The van der Waals surface area contributed by atoms with E-state index in [1.54, 1.807) is 12.4 Å². The molecule has 0 radical (unpaired) electrons. The van der Waals surface area contributed by atoms with Gasteiger partial charge in [-0.15, -0.1) is 0 Å². The molecule has 1 unspecified atom stereocenters. The Bertz CT molecular complexity index is 1190. The lowest BCUT2D eigenvalue weighted by atomic mass is 9.90. The molecule has 7 nitrogen and oxygen atoms in total. The largest absolute Gasteiger partial charge is 0.379 e. The third-order valence-corrected chi connectivity index (χ3v) is 6.73. The van der Waals surface area contributed by atoms with Crippen LogP contribution in [-0.2, 0) is 4.74 Å². The van der Waals surface area contributed by atoms with Crippen molar-refractivity contribution in [3.63, 3.8) is 0 Å². The first-order valence-electron chi connectivity index (χ1n) is 12.0. The molecule has 34 heavy (non-hydrogen) atoms. The van der Waals surface area contributed by atoms with E-state index in [-0.39, 0.29) is 5.91 Å². The van der Waals surface area contributed by atoms with Gasteiger partial charge in [0.05, 0.1) is 48.2 Å². The molecule has 7 heteroatoms. The summed E-state index contributed by atoms with van der Waals surface area (Å²) in [5.41, 5.74) is 6.60. The van der Waals surface area contributed by atoms with Crippen molar-refractivity contribution in [1.29, 1.82) is 0 Å². The molecule has 0 saturated carbocycles. The van der Waals surface area contributed by atoms with E-state index >= 15 is 0 Å². The predicted octanol–water partition coefficient (Wildman–Crippen LogP) is 4.40. The van der Waals surface area contributed by atoms with Gasteiger partial charge in [-0.25, -0.2) is 0 Å². The van der Waals surface area contributed by atoms with E-state index < -0.39 is 0 Å². The topological polar surface area (TPSA) is 72.3 Å². The molecule has 4 heterocycles. The monoisotopic (exact) mass is 457 g/mol. The number of morpholine rings is 1. The summed E-state index contributed by atoms with van der Waals surface area (Å²) in [6.45, 7) is 7.76. The number of rotatable bonds is 5. The number of nitrogens with one attached hydrogen (secondary N) is 1. The molecule has 1 amide bonds. The van der Waals surface area contributed by atoms with Crippen molar-refractivity contribution in [2.24, 2.45) is 0 Å². The van der Waals surface area contributed by atoms with E-state index in [0.29, 0.717) is 17.3 Å². The quantitative estimate of drug-likeness (QED) is 0.615. The number of nitrogens with zero attached hydrogens (tertiary/aromatic N) is 4. The maximum atomic E-state index is 12.8. The Morgan fingerprint density at radius 2 is 1.97 bits per heavy atom. The van der Waals surface area contributed by atoms with Crippen molar-refractivity contribution < 1.29 is 9.53 Å². The highest BCUT2D eigenvalue weighted by Crippen LogP contribution is 2.31. The first kappa shape index (κ1) is 22.5. The first-order chi connectivity index (χ1) is 16.6. The van der Waals surface area contributed by atoms with Crippen LogP contribution in [0.2, 0.25) is 0 Å². The molecule has 5 rings (SSSR count). The zero-order chi connectivity index (χ0) is 23.5. The van der Waals surface area contributed by atoms with Gasteiger partial charge in [-0.2, -0.15) is 0 Å². The number of hydrogen-bond donors (Lipinski definition) is 1. The second-order valence-corrected chi connectivity index (χ2v) is 9.11. The van der Waals surface area contributed by atoms with Gasteiger partial charge in [0, 0.05) is 37.2 Å². The summed E-state index contributed by atoms with van der Waals surface area (Å²) in [7, 11) is 0. The summed E-state index contributed by atoms with van der Waals surface area (Å²) in [4.78, 5) is 24.4. The number of aromatic nitrogens is 3. The smallest absolute Gasteiger partial charge is 0.257 e. The second-order valence-electron chi connectivity index (χ2n) is 9.11. The molecule has 1 saturated heterocycles. The Kier molecular flexibility index (Phi) is 6.56. The summed E-state index contributed by atoms with van der Waals surface area (Å²) in [5.74, 6) is -0.155. The van der Waals surface area contributed by atoms with Gasteiger partial charge in [-0.05, 0) is 68.5 Å². The van der Waals surface area contributed by atoms with E-state index in [9.17, 15) is 4.79 Å². The summed E-state index contributed by atoms with van der Waals surface area (Å²) >= 11 is 0. The van der Waals surface area contributed by atoms with Crippen LogP contribution >= 0.6 is 0 Å². The van der Waals surface area contributed by atoms with Crippen LogP contribution in [0.15, 0.2) is 55.1 Å². The van der Waals surface area contributed by atoms with Crippen LogP contribution in [0.5, 0.6) is 0 Å². The zero-order valence-corrected chi connectivity index (χ0v) is 19.8. The predicted molar refractivity (Wildman–Crippen MR) is 133 cm³/mol. The fraction of sp³-hybridized carbons (Fsp3) is 0.370. The van der Waals surface area contributed by atoms with Gasteiger partial charge in [0.15, 0.2) is 0 Å². The third kappa shape index (κ3) is 4.95. The summed E-state index contributed by atoms with van der Waals surface area (Å²) in [5, 5.41) is 2.98. The molecule has 0 aromatic carbocycles. The Balaban J connectivity index is 1.23. The van der Waals surface area contributed by atoms with E-state index in [0.717, 1.165) is 68.2 Å². The number of carbonyl (C=O) groups is 1. The summed E-state index contributed by atoms with van der Waals surface area (Å²) in [6, 6.07) is 8.36. The average Bonchev–Trinajstić information content (AvgIpc) is 3.36.